The van der Waals surface area contributed by atoms with Crippen molar-refractivity contribution in [3.05, 3.63) is 46.3 Å². The molecule has 188 valence electrons. The van der Waals surface area contributed by atoms with Crippen molar-refractivity contribution in [3.8, 4) is 0 Å². The molecule has 34 heavy (non-hydrogen) atoms. The number of hydrogen-bond acceptors (Lipinski definition) is 6. The maximum absolute atomic E-state index is 11.7. The predicted molar refractivity (Wildman–Crippen MR) is 142 cm³/mol. The molecule has 0 aliphatic rings. The fraction of sp³-hybridized carbons (Fsp3) is 0.630. The summed E-state index contributed by atoms with van der Waals surface area (Å²) in [7, 11) is 0. The molecule has 0 atom stereocenters. The van der Waals surface area contributed by atoms with E-state index in [1.165, 1.54) is 83.4 Å². The van der Waals surface area contributed by atoms with E-state index in [-0.39, 0.29) is 17.3 Å². The summed E-state index contributed by atoms with van der Waals surface area (Å²) in [5, 5.41) is 17.9. The van der Waals surface area contributed by atoms with E-state index in [2.05, 4.69) is 27.5 Å². The largest absolute Gasteiger partial charge is 0.364 e. The maximum atomic E-state index is 11.7. The highest BCUT2D eigenvalue weighted by molar-refractivity contribution is 5.73. The summed E-state index contributed by atoms with van der Waals surface area (Å²) in [5.74, 6) is 0.469. The molecule has 2 N–H and O–H groups in total. The van der Waals surface area contributed by atoms with Crippen LogP contribution in [0.5, 0.6) is 0 Å². The van der Waals surface area contributed by atoms with Gasteiger partial charge in [0.25, 0.3) is 0 Å². The van der Waals surface area contributed by atoms with Crippen LogP contribution in [-0.4, -0.2) is 21.4 Å². The van der Waals surface area contributed by atoms with Gasteiger partial charge in [0, 0.05) is 12.2 Å². The van der Waals surface area contributed by atoms with Crippen LogP contribution in [0, 0.1) is 17.0 Å². The van der Waals surface area contributed by atoms with Gasteiger partial charge in [0.1, 0.15) is 6.33 Å². The van der Waals surface area contributed by atoms with Crippen LogP contribution in [0.25, 0.3) is 0 Å². The number of nitro groups is 1. The third-order valence-electron chi connectivity index (χ3n) is 6.14. The molecule has 0 bridgehead atoms. The molecule has 1 aromatic carbocycles. The summed E-state index contributed by atoms with van der Waals surface area (Å²) < 4.78 is 0. The number of aryl methyl sites for hydroxylation is 1. The summed E-state index contributed by atoms with van der Waals surface area (Å²) in [6.07, 6.45) is 19.7. The Bertz CT molecular complexity index is 826. The highest BCUT2D eigenvalue weighted by Gasteiger charge is 2.22. The van der Waals surface area contributed by atoms with Crippen LogP contribution in [0.1, 0.15) is 102 Å². The van der Waals surface area contributed by atoms with Crippen molar-refractivity contribution >= 4 is 23.0 Å². The highest BCUT2D eigenvalue weighted by atomic mass is 16.6. The van der Waals surface area contributed by atoms with Crippen molar-refractivity contribution in [2.45, 2.75) is 104 Å². The van der Waals surface area contributed by atoms with E-state index >= 15 is 0 Å². The second kappa shape index (κ2) is 16.8. The zero-order chi connectivity index (χ0) is 24.4. The minimum Gasteiger partial charge on any atom is -0.364 e. The molecule has 7 heteroatoms. The van der Waals surface area contributed by atoms with Crippen LogP contribution in [0.3, 0.4) is 0 Å². The average molecular weight is 470 g/mol. The number of aromatic nitrogens is 2. The van der Waals surface area contributed by atoms with Gasteiger partial charge in [0.2, 0.25) is 11.6 Å². The molecule has 2 aromatic rings. The predicted octanol–water partition coefficient (Wildman–Crippen LogP) is 8.33. The van der Waals surface area contributed by atoms with Gasteiger partial charge in [0.15, 0.2) is 0 Å². The van der Waals surface area contributed by atoms with Gasteiger partial charge in [-0.2, -0.15) is 0 Å². The lowest BCUT2D eigenvalue weighted by atomic mass is 10.0. The number of anilines is 3. The van der Waals surface area contributed by atoms with Crippen molar-refractivity contribution in [1.29, 1.82) is 0 Å². The SMILES string of the molecule is CCCCCCCCCCCCCCCCNc1ncnc(Nc2ccc(C)cc2)c1[N+](=O)[O-]. The molecule has 1 heterocycles. The molecule has 0 radical (unpaired) electrons. The van der Waals surface area contributed by atoms with Crippen LogP contribution in [0.15, 0.2) is 30.6 Å². The topological polar surface area (TPSA) is 93.0 Å². The lowest BCUT2D eigenvalue weighted by molar-refractivity contribution is -0.383. The summed E-state index contributed by atoms with van der Waals surface area (Å²) in [6, 6.07) is 7.65. The molecule has 0 aliphatic heterocycles. The monoisotopic (exact) mass is 469 g/mol. The van der Waals surface area contributed by atoms with Gasteiger partial charge in [-0.25, -0.2) is 9.97 Å². The first-order valence-electron chi connectivity index (χ1n) is 13.2. The molecule has 1 aromatic heterocycles. The van der Waals surface area contributed by atoms with Gasteiger partial charge in [-0.3, -0.25) is 10.1 Å². The first-order valence-corrected chi connectivity index (χ1v) is 13.2. The summed E-state index contributed by atoms with van der Waals surface area (Å²) in [5.41, 5.74) is 1.76. The van der Waals surface area contributed by atoms with Crippen molar-refractivity contribution in [3.63, 3.8) is 0 Å². The Morgan fingerprint density at radius 2 is 1.26 bits per heavy atom. The Kier molecular flexibility index (Phi) is 13.6. The van der Waals surface area contributed by atoms with Crippen LogP contribution < -0.4 is 10.6 Å². The van der Waals surface area contributed by atoms with E-state index in [0.29, 0.717) is 6.54 Å². The van der Waals surface area contributed by atoms with Crippen LogP contribution in [0.2, 0.25) is 0 Å². The summed E-state index contributed by atoms with van der Waals surface area (Å²) in [6.45, 7) is 4.93. The minimum atomic E-state index is -0.427. The molecule has 0 aliphatic carbocycles. The first kappa shape index (κ1) is 27.5. The van der Waals surface area contributed by atoms with Gasteiger partial charge in [-0.1, -0.05) is 108 Å². The zero-order valence-corrected chi connectivity index (χ0v) is 21.2. The Labute approximate surface area is 205 Å². The number of nitrogens with zero attached hydrogens (tertiary/aromatic N) is 3. The van der Waals surface area contributed by atoms with Gasteiger partial charge in [-0.15, -0.1) is 0 Å². The van der Waals surface area contributed by atoms with Gasteiger partial charge < -0.3 is 10.6 Å². The van der Waals surface area contributed by atoms with Gasteiger partial charge in [0.05, 0.1) is 4.92 Å². The number of unbranched alkanes of at least 4 members (excludes halogenated alkanes) is 13. The van der Waals surface area contributed by atoms with Crippen molar-refractivity contribution in [2.75, 3.05) is 17.2 Å². The van der Waals surface area contributed by atoms with Crippen LogP contribution in [0.4, 0.5) is 23.0 Å². The molecule has 0 saturated carbocycles. The summed E-state index contributed by atoms with van der Waals surface area (Å²) >= 11 is 0. The lowest BCUT2D eigenvalue weighted by Gasteiger charge is -2.10. The molecule has 0 spiro atoms. The fourth-order valence-electron chi connectivity index (χ4n) is 4.07. The van der Waals surface area contributed by atoms with E-state index in [4.69, 9.17) is 0 Å². The third-order valence-corrected chi connectivity index (χ3v) is 6.14. The normalized spacial score (nSPS) is 10.9. The van der Waals surface area contributed by atoms with Crippen molar-refractivity contribution < 1.29 is 4.92 Å². The molecular formula is C27H43N5O2. The smallest absolute Gasteiger partial charge is 0.353 e. The van der Waals surface area contributed by atoms with E-state index < -0.39 is 4.92 Å². The number of nitrogens with one attached hydrogen (secondary N) is 2. The molecule has 0 fully saturated rings. The lowest BCUT2D eigenvalue weighted by Crippen LogP contribution is -2.09. The first-order chi connectivity index (χ1) is 16.6. The molecule has 7 nitrogen and oxygen atoms in total. The molecule has 2 rings (SSSR count). The standard InChI is InChI=1S/C27H43N5O2/c1-3-4-5-6-7-8-9-10-11-12-13-14-15-16-21-28-26-25(32(33)34)27(30-22-29-26)31-24-19-17-23(2)18-20-24/h17-20,22H,3-16,21H2,1-2H3,(H2,28,29,30,31). The summed E-state index contributed by atoms with van der Waals surface area (Å²) in [4.78, 5) is 19.5. The number of benzene rings is 1. The maximum Gasteiger partial charge on any atom is 0.353 e. The Morgan fingerprint density at radius 3 is 1.79 bits per heavy atom. The Balaban J connectivity index is 1.61. The number of hydrogen-bond donors (Lipinski definition) is 2. The van der Waals surface area contributed by atoms with Gasteiger partial charge in [-0.05, 0) is 25.5 Å². The third kappa shape index (κ3) is 10.9. The average Bonchev–Trinajstić information content (AvgIpc) is 2.83. The zero-order valence-electron chi connectivity index (χ0n) is 21.2. The van der Waals surface area contributed by atoms with Gasteiger partial charge >= 0.3 is 5.69 Å². The van der Waals surface area contributed by atoms with E-state index in [1.807, 2.05) is 31.2 Å². The second-order valence-corrected chi connectivity index (χ2v) is 9.19. The molecule has 0 amide bonds. The van der Waals surface area contributed by atoms with E-state index in [0.717, 1.165) is 24.1 Å². The Hall–Kier alpha value is -2.70. The van der Waals surface area contributed by atoms with Crippen molar-refractivity contribution in [1.82, 2.24) is 9.97 Å². The van der Waals surface area contributed by atoms with E-state index in [1.54, 1.807) is 0 Å². The number of rotatable bonds is 19. The molecule has 0 unspecified atom stereocenters. The second-order valence-electron chi connectivity index (χ2n) is 9.19. The van der Waals surface area contributed by atoms with E-state index in [9.17, 15) is 10.1 Å². The quantitative estimate of drug-likeness (QED) is 0.122. The van der Waals surface area contributed by atoms with Crippen LogP contribution in [-0.2, 0) is 0 Å². The minimum absolute atomic E-state index is 0.117. The molecule has 0 saturated heterocycles. The Morgan fingerprint density at radius 1 is 0.765 bits per heavy atom. The highest BCUT2D eigenvalue weighted by Crippen LogP contribution is 2.31. The fourth-order valence-corrected chi connectivity index (χ4v) is 4.07. The van der Waals surface area contributed by atoms with Crippen LogP contribution >= 0.6 is 0 Å². The molecular weight excluding hydrogens is 426 g/mol. The van der Waals surface area contributed by atoms with Crippen molar-refractivity contribution in [2.24, 2.45) is 0 Å².